The van der Waals surface area contributed by atoms with E-state index in [4.69, 9.17) is 0 Å². The van der Waals surface area contributed by atoms with Crippen LogP contribution in [0, 0.1) is 0 Å². The Morgan fingerprint density at radius 3 is 2.56 bits per heavy atom. The Morgan fingerprint density at radius 1 is 1.38 bits per heavy atom. The number of rotatable bonds is 5. The fraction of sp³-hybridized carbons (Fsp3) is 0.556. The fourth-order valence-electron chi connectivity index (χ4n) is 0.916. The molecular weight excluding hydrogens is 230 g/mol. The van der Waals surface area contributed by atoms with Gasteiger partial charge in [-0.2, -0.15) is 0 Å². The summed E-state index contributed by atoms with van der Waals surface area (Å²) in [6.07, 6.45) is -0.402. The second-order valence-electron chi connectivity index (χ2n) is 3.52. The summed E-state index contributed by atoms with van der Waals surface area (Å²) in [5.74, 6) is -1.38. The van der Waals surface area contributed by atoms with Crippen LogP contribution in [-0.4, -0.2) is 22.1 Å². The van der Waals surface area contributed by atoms with Crippen molar-refractivity contribution in [2.75, 3.05) is 5.32 Å². The molecule has 0 radical (unpaired) electrons. The monoisotopic (exact) mass is 242 g/mol. The van der Waals surface area contributed by atoms with Gasteiger partial charge in [0.2, 0.25) is 11.0 Å². The van der Waals surface area contributed by atoms with Gasteiger partial charge in [0.15, 0.2) is 0 Å². The third-order valence-corrected chi connectivity index (χ3v) is 2.88. The Balaban J connectivity index is 2.46. The number of carboxylic acids is 1. The maximum Gasteiger partial charge on any atom is 0.226 e. The number of carbonyl (C=O) groups is 2. The zero-order chi connectivity index (χ0) is 12.1. The van der Waals surface area contributed by atoms with Crippen molar-refractivity contribution < 1.29 is 14.7 Å². The van der Waals surface area contributed by atoms with Gasteiger partial charge >= 0.3 is 0 Å². The van der Waals surface area contributed by atoms with Gasteiger partial charge in [0, 0.05) is 18.3 Å². The van der Waals surface area contributed by atoms with Gasteiger partial charge in [0.25, 0.3) is 0 Å². The summed E-state index contributed by atoms with van der Waals surface area (Å²) in [6.45, 7) is 3.95. The maximum atomic E-state index is 11.2. The minimum Gasteiger partial charge on any atom is -0.550 e. The summed E-state index contributed by atoms with van der Waals surface area (Å²) >= 11 is 1.29. The highest BCUT2D eigenvalue weighted by Gasteiger charge is 2.10. The summed E-state index contributed by atoms with van der Waals surface area (Å²) in [6, 6.07) is 0. The molecule has 0 aliphatic rings. The summed E-state index contributed by atoms with van der Waals surface area (Å²) in [5.41, 5.74) is 0. The van der Waals surface area contributed by atoms with Crippen molar-refractivity contribution in [3.63, 3.8) is 0 Å². The highest BCUT2D eigenvalue weighted by molar-refractivity contribution is 7.15. The molecule has 0 aliphatic heterocycles. The van der Waals surface area contributed by atoms with Crippen molar-refractivity contribution in [1.82, 2.24) is 10.2 Å². The Hall–Kier alpha value is -1.50. The van der Waals surface area contributed by atoms with Gasteiger partial charge in [-0.25, -0.2) is 0 Å². The number of hydrogen-bond acceptors (Lipinski definition) is 6. The molecule has 0 bridgehead atoms. The second kappa shape index (κ2) is 5.55. The van der Waals surface area contributed by atoms with Crippen LogP contribution in [0.5, 0.6) is 0 Å². The average Bonchev–Trinajstić information content (AvgIpc) is 2.63. The minimum atomic E-state index is -1.24. The number of amides is 1. The number of carbonyl (C=O) groups excluding carboxylic acids is 2. The quantitative estimate of drug-likeness (QED) is 0.791. The molecule has 0 unspecified atom stereocenters. The molecule has 0 atom stereocenters. The van der Waals surface area contributed by atoms with Crippen LogP contribution < -0.4 is 10.4 Å². The topological polar surface area (TPSA) is 95.0 Å². The van der Waals surface area contributed by atoms with Crippen molar-refractivity contribution >= 4 is 28.3 Å². The van der Waals surface area contributed by atoms with Gasteiger partial charge in [-0.15, -0.1) is 10.2 Å². The number of aliphatic carboxylic acids is 1. The van der Waals surface area contributed by atoms with Crippen LogP contribution in [0.15, 0.2) is 0 Å². The third kappa shape index (κ3) is 3.93. The first-order valence-electron chi connectivity index (χ1n) is 4.82. The Bertz CT molecular complexity index is 389. The van der Waals surface area contributed by atoms with Crippen LogP contribution >= 0.6 is 11.3 Å². The van der Waals surface area contributed by atoms with Crippen molar-refractivity contribution in [3.05, 3.63) is 5.01 Å². The molecule has 88 valence electrons. The third-order valence-electron chi connectivity index (χ3n) is 1.74. The number of nitrogens with one attached hydrogen (secondary N) is 1. The van der Waals surface area contributed by atoms with Crippen LogP contribution in [-0.2, 0) is 9.59 Å². The predicted molar refractivity (Wildman–Crippen MR) is 56.9 cm³/mol. The fourth-order valence-corrected chi connectivity index (χ4v) is 1.68. The Morgan fingerprint density at radius 2 is 2.06 bits per heavy atom. The van der Waals surface area contributed by atoms with Crippen LogP contribution in [0.25, 0.3) is 0 Å². The van der Waals surface area contributed by atoms with Gasteiger partial charge in [-0.1, -0.05) is 25.2 Å². The zero-order valence-electron chi connectivity index (χ0n) is 9.02. The standard InChI is InChI=1S/C9H13N3O3S/c1-5(2)8-11-12-9(16-8)10-6(13)3-4-7(14)15/h5H,3-4H2,1-2H3,(H,14,15)(H,10,12,13)/p-1. The van der Waals surface area contributed by atoms with Gasteiger partial charge in [-0.3, -0.25) is 4.79 Å². The molecule has 1 rings (SSSR count). The van der Waals surface area contributed by atoms with Crippen molar-refractivity contribution in [3.8, 4) is 0 Å². The van der Waals surface area contributed by atoms with E-state index in [-0.39, 0.29) is 18.8 Å². The normalized spacial score (nSPS) is 10.4. The molecule has 0 saturated heterocycles. The molecule has 1 amide bonds. The van der Waals surface area contributed by atoms with Crippen LogP contribution in [0.3, 0.4) is 0 Å². The highest BCUT2D eigenvalue weighted by atomic mass is 32.1. The van der Waals surface area contributed by atoms with Crippen LogP contribution in [0.4, 0.5) is 5.13 Å². The first-order valence-corrected chi connectivity index (χ1v) is 5.63. The molecule has 1 aromatic rings. The van der Waals surface area contributed by atoms with Gasteiger partial charge < -0.3 is 15.2 Å². The first-order chi connectivity index (χ1) is 7.49. The molecule has 16 heavy (non-hydrogen) atoms. The zero-order valence-corrected chi connectivity index (χ0v) is 9.84. The lowest BCUT2D eigenvalue weighted by atomic mass is 10.2. The van der Waals surface area contributed by atoms with Crippen LogP contribution in [0.1, 0.15) is 37.6 Å². The lowest BCUT2D eigenvalue weighted by Gasteiger charge is -2.01. The van der Waals surface area contributed by atoms with E-state index >= 15 is 0 Å². The summed E-state index contributed by atoms with van der Waals surface area (Å²) in [4.78, 5) is 21.4. The lowest BCUT2D eigenvalue weighted by molar-refractivity contribution is -0.305. The molecule has 0 aromatic carbocycles. The second-order valence-corrected chi connectivity index (χ2v) is 4.53. The van der Waals surface area contributed by atoms with E-state index in [0.29, 0.717) is 5.13 Å². The Labute approximate surface area is 96.7 Å². The molecule has 7 heteroatoms. The molecule has 0 fully saturated rings. The highest BCUT2D eigenvalue weighted by Crippen LogP contribution is 2.22. The minimum absolute atomic E-state index is 0.112. The molecule has 1 N–H and O–H groups in total. The van der Waals surface area contributed by atoms with Crippen molar-refractivity contribution in [2.24, 2.45) is 0 Å². The smallest absolute Gasteiger partial charge is 0.226 e. The average molecular weight is 242 g/mol. The molecule has 0 aliphatic carbocycles. The molecule has 1 aromatic heterocycles. The largest absolute Gasteiger partial charge is 0.550 e. The molecular formula is C9H12N3O3S-. The van der Waals surface area contributed by atoms with Crippen LogP contribution in [0.2, 0.25) is 0 Å². The predicted octanol–water partition coefficient (Wildman–Crippen LogP) is 0.130. The van der Waals surface area contributed by atoms with Gasteiger partial charge in [0.1, 0.15) is 5.01 Å². The van der Waals surface area contributed by atoms with E-state index in [1.807, 2.05) is 13.8 Å². The van der Waals surface area contributed by atoms with E-state index in [1.165, 1.54) is 11.3 Å². The van der Waals surface area contributed by atoms with E-state index in [9.17, 15) is 14.7 Å². The number of aromatic nitrogens is 2. The summed E-state index contributed by atoms with van der Waals surface area (Å²) in [5, 5.41) is 21.5. The van der Waals surface area contributed by atoms with Crippen molar-refractivity contribution in [2.45, 2.75) is 32.6 Å². The SMILES string of the molecule is CC(C)c1nnc(NC(=O)CCC(=O)[O-])s1. The lowest BCUT2D eigenvalue weighted by Crippen LogP contribution is -2.24. The summed E-state index contributed by atoms with van der Waals surface area (Å²) < 4.78 is 0. The number of hydrogen-bond donors (Lipinski definition) is 1. The number of anilines is 1. The Kier molecular flexibility index (Phi) is 4.36. The maximum absolute atomic E-state index is 11.2. The number of nitrogens with zero attached hydrogens (tertiary/aromatic N) is 2. The van der Waals surface area contributed by atoms with E-state index < -0.39 is 11.9 Å². The first kappa shape index (κ1) is 12.6. The van der Waals surface area contributed by atoms with Gasteiger partial charge in [-0.05, 0) is 6.42 Å². The molecule has 0 saturated carbocycles. The number of carboxylic acid groups (broad SMARTS) is 1. The van der Waals surface area contributed by atoms with E-state index in [2.05, 4.69) is 15.5 Å². The van der Waals surface area contributed by atoms with E-state index in [0.717, 1.165) is 5.01 Å². The molecule has 6 nitrogen and oxygen atoms in total. The molecule has 1 heterocycles. The van der Waals surface area contributed by atoms with E-state index in [1.54, 1.807) is 0 Å². The summed E-state index contributed by atoms with van der Waals surface area (Å²) in [7, 11) is 0. The molecule has 0 spiro atoms. The van der Waals surface area contributed by atoms with Gasteiger partial charge in [0.05, 0.1) is 0 Å². The van der Waals surface area contributed by atoms with Crippen molar-refractivity contribution in [1.29, 1.82) is 0 Å².